The summed E-state index contributed by atoms with van der Waals surface area (Å²) in [6, 6.07) is 0. The number of piperidine rings is 1. The second-order valence-corrected chi connectivity index (χ2v) is 5.28. The standard InChI is InChI=1S/C13H24N2O3/c16-12(10-1-2-10)9-15-13(17)5-8-18-11-3-6-14-7-4-11/h10-12,14,16H,1-9H2,(H,15,17). The van der Waals surface area contributed by atoms with Gasteiger partial charge in [-0.25, -0.2) is 0 Å². The van der Waals surface area contributed by atoms with E-state index in [-0.39, 0.29) is 12.0 Å². The molecule has 5 heteroatoms. The fraction of sp³-hybridized carbons (Fsp3) is 0.923. The van der Waals surface area contributed by atoms with Crippen LogP contribution in [0.1, 0.15) is 32.1 Å². The van der Waals surface area contributed by atoms with Crippen LogP contribution in [0.15, 0.2) is 0 Å². The molecule has 1 aliphatic heterocycles. The van der Waals surface area contributed by atoms with E-state index in [2.05, 4.69) is 10.6 Å². The van der Waals surface area contributed by atoms with Crippen LogP contribution in [-0.2, 0) is 9.53 Å². The second kappa shape index (κ2) is 7.07. The maximum absolute atomic E-state index is 11.5. The van der Waals surface area contributed by atoms with E-state index < -0.39 is 0 Å². The van der Waals surface area contributed by atoms with E-state index in [1.165, 1.54) is 0 Å². The minimum absolute atomic E-state index is 0.0244. The van der Waals surface area contributed by atoms with Gasteiger partial charge in [0.15, 0.2) is 0 Å². The normalized spacial score (nSPS) is 22.7. The van der Waals surface area contributed by atoms with E-state index in [0.717, 1.165) is 38.8 Å². The first-order valence-corrected chi connectivity index (χ1v) is 7.03. The van der Waals surface area contributed by atoms with Crippen LogP contribution >= 0.6 is 0 Å². The zero-order valence-electron chi connectivity index (χ0n) is 10.9. The molecular weight excluding hydrogens is 232 g/mol. The van der Waals surface area contributed by atoms with Crippen molar-refractivity contribution in [2.45, 2.75) is 44.3 Å². The van der Waals surface area contributed by atoms with Gasteiger partial charge in [0.2, 0.25) is 5.91 Å². The van der Waals surface area contributed by atoms with E-state index in [1.54, 1.807) is 0 Å². The van der Waals surface area contributed by atoms with Crippen LogP contribution in [-0.4, -0.2) is 49.5 Å². The first-order valence-electron chi connectivity index (χ1n) is 7.03. The van der Waals surface area contributed by atoms with Crippen LogP contribution in [0, 0.1) is 5.92 Å². The Hall–Kier alpha value is -0.650. The molecule has 1 saturated carbocycles. The number of aliphatic hydroxyl groups is 1. The molecule has 2 fully saturated rings. The van der Waals surface area contributed by atoms with E-state index >= 15 is 0 Å². The number of carbonyl (C=O) groups is 1. The van der Waals surface area contributed by atoms with Crippen molar-refractivity contribution < 1.29 is 14.6 Å². The van der Waals surface area contributed by atoms with E-state index in [4.69, 9.17) is 4.74 Å². The van der Waals surface area contributed by atoms with Crippen molar-refractivity contribution in [1.82, 2.24) is 10.6 Å². The summed E-state index contributed by atoms with van der Waals surface area (Å²) in [4.78, 5) is 11.5. The lowest BCUT2D eigenvalue weighted by atomic mass is 10.1. The molecule has 0 aromatic carbocycles. The maximum Gasteiger partial charge on any atom is 0.222 e. The highest BCUT2D eigenvalue weighted by Gasteiger charge is 2.29. The van der Waals surface area contributed by atoms with Crippen molar-refractivity contribution in [2.24, 2.45) is 5.92 Å². The molecule has 0 aromatic rings. The first kappa shape index (κ1) is 13.8. The zero-order valence-corrected chi connectivity index (χ0v) is 10.9. The number of ether oxygens (including phenoxy) is 1. The summed E-state index contributed by atoms with van der Waals surface area (Å²) < 4.78 is 5.66. The van der Waals surface area contributed by atoms with Crippen LogP contribution in [0.5, 0.6) is 0 Å². The highest BCUT2D eigenvalue weighted by molar-refractivity contribution is 5.75. The first-order chi connectivity index (χ1) is 8.75. The summed E-state index contributed by atoms with van der Waals surface area (Å²) in [5.74, 6) is 0.389. The largest absolute Gasteiger partial charge is 0.391 e. The zero-order chi connectivity index (χ0) is 12.8. The lowest BCUT2D eigenvalue weighted by Gasteiger charge is -2.22. The molecule has 0 aromatic heterocycles. The Labute approximate surface area is 108 Å². The van der Waals surface area contributed by atoms with Crippen LogP contribution in [0.3, 0.4) is 0 Å². The van der Waals surface area contributed by atoms with Gasteiger partial charge >= 0.3 is 0 Å². The molecule has 0 radical (unpaired) electrons. The van der Waals surface area contributed by atoms with E-state index in [9.17, 15) is 9.90 Å². The van der Waals surface area contributed by atoms with Gasteiger partial charge in [0, 0.05) is 13.0 Å². The molecule has 0 spiro atoms. The molecule has 1 unspecified atom stereocenters. The fourth-order valence-electron chi connectivity index (χ4n) is 2.23. The smallest absolute Gasteiger partial charge is 0.222 e. The second-order valence-electron chi connectivity index (χ2n) is 5.28. The number of amides is 1. The molecule has 1 amide bonds. The Balaban J connectivity index is 1.48. The molecule has 3 N–H and O–H groups in total. The molecule has 2 aliphatic rings. The van der Waals surface area contributed by atoms with Crippen molar-refractivity contribution >= 4 is 5.91 Å². The number of hydrogen-bond donors (Lipinski definition) is 3. The monoisotopic (exact) mass is 256 g/mol. The Morgan fingerprint density at radius 3 is 2.72 bits per heavy atom. The van der Waals surface area contributed by atoms with Crippen molar-refractivity contribution in [3.63, 3.8) is 0 Å². The van der Waals surface area contributed by atoms with Gasteiger partial charge in [0.05, 0.1) is 18.8 Å². The SMILES string of the molecule is O=C(CCOC1CCNCC1)NCC(O)C1CC1. The van der Waals surface area contributed by atoms with Gasteiger partial charge in [-0.2, -0.15) is 0 Å². The third kappa shape index (κ3) is 4.92. The molecule has 5 nitrogen and oxygen atoms in total. The topological polar surface area (TPSA) is 70.6 Å². The number of aliphatic hydroxyl groups excluding tert-OH is 1. The molecule has 1 heterocycles. The third-order valence-corrected chi connectivity index (χ3v) is 3.64. The quantitative estimate of drug-likeness (QED) is 0.601. The van der Waals surface area contributed by atoms with Crippen LogP contribution in [0.25, 0.3) is 0 Å². The average molecular weight is 256 g/mol. The minimum atomic E-state index is -0.362. The molecule has 1 atom stereocenters. The molecule has 0 bridgehead atoms. The Morgan fingerprint density at radius 2 is 2.06 bits per heavy atom. The molecule has 104 valence electrons. The summed E-state index contributed by atoms with van der Waals surface area (Å²) >= 11 is 0. The van der Waals surface area contributed by atoms with Gasteiger partial charge < -0.3 is 20.5 Å². The number of nitrogens with one attached hydrogen (secondary N) is 2. The molecule has 1 saturated heterocycles. The predicted octanol–water partition coefficient (Wildman–Crippen LogP) is 0.0322. The number of carbonyl (C=O) groups excluding carboxylic acids is 1. The predicted molar refractivity (Wildman–Crippen MR) is 68.2 cm³/mol. The van der Waals surface area contributed by atoms with Crippen molar-refractivity contribution in [3.8, 4) is 0 Å². The molecular formula is C13H24N2O3. The van der Waals surface area contributed by atoms with Gasteiger partial charge in [0.1, 0.15) is 0 Å². The van der Waals surface area contributed by atoms with Crippen LogP contribution < -0.4 is 10.6 Å². The lowest BCUT2D eigenvalue weighted by Crippen LogP contribution is -2.35. The summed E-state index contributed by atoms with van der Waals surface area (Å²) in [6.45, 7) is 2.88. The minimum Gasteiger partial charge on any atom is -0.391 e. The third-order valence-electron chi connectivity index (χ3n) is 3.64. The fourth-order valence-corrected chi connectivity index (χ4v) is 2.23. The lowest BCUT2D eigenvalue weighted by molar-refractivity contribution is -0.123. The Kier molecular flexibility index (Phi) is 5.41. The van der Waals surface area contributed by atoms with Crippen LogP contribution in [0.4, 0.5) is 0 Å². The van der Waals surface area contributed by atoms with E-state index in [0.29, 0.717) is 31.6 Å². The van der Waals surface area contributed by atoms with Gasteiger partial charge in [-0.3, -0.25) is 4.79 Å². The summed E-state index contributed by atoms with van der Waals surface area (Å²) in [5.41, 5.74) is 0. The Morgan fingerprint density at radius 1 is 1.33 bits per heavy atom. The summed E-state index contributed by atoms with van der Waals surface area (Å²) in [5, 5.41) is 15.7. The molecule has 2 rings (SSSR count). The molecule has 18 heavy (non-hydrogen) atoms. The maximum atomic E-state index is 11.5. The van der Waals surface area contributed by atoms with E-state index in [1.807, 2.05) is 0 Å². The van der Waals surface area contributed by atoms with Crippen molar-refractivity contribution in [1.29, 1.82) is 0 Å². The van der Waals surface area contributed by atoms with Gasteiger partial charge in [-0.1, -0.05) is 0 Å². The van der Waals surface area contributed by atoms with Gasteiger partial charge in [0.25, 0.3) is 0 Å². The summed E-state index contributed by atoms with van der Waals surface area (Å²) in [6.07, 6.45) is 4.58. The highest BCUT2D eigenvalue weighted by atomic mass is 16.5. The number of hydrogen-bond acceptors (Lipinski definition) is 4. The highest BCUT2D eigenvalue weighted by Crippen LogP contribution is 2.32. The number of rotatable bonds is 7. The van der Waals surface area contributed by atoms with Gasteiger partial charge in [-0.05, 0) is 44.7 Å². The summed E-state index contributed by atoms with van der Waals surface area (Å²) in [7, 11) is 0. The van der Waals surface area contributed by atoms with Gasteiger partial charge in [-0.15, -0.1) is 0 Å². The average Bonchev–Trinajstić information content (AvgIpc) is 3.21. The Bertz CT molecular complexity index is 263. The van der Waals surface area contributed by atoms with Crippen molar-refractivity contribution in [2.75, 3.05) is 26.2 Å². The van der Waals surface area contributed by atoms with Crippen LogP contribution in [0.2, 0.25) is 0 Å². The van der Waals surface area contributed by atoms with Crippen molar-refractivity contribution in [3.05, 3.63) is 0 Å². The molecule has 1 aliphatic carbocycles.